The van der Waals surface area contributed by atoms with Crippen molar-refractivity contribution < 1.29 is 9.47 Å². The molecule has 2 aromatic rings. The minimum absolute atomic E-state index is 0.227. The Balaban J connectivity index is 1.52. The van der Waals surface area contributed by atoms with Crippen molar-refractivity contribution in [3.05, 3.63) is 42.5 Å². The molecule has 1 fully saturated rings. The van der Waals surface area contributed by atoms with E-state index in [2.05, 4.69) is 31.9 Å². The lowest BCUT2D eigenvalue weighted by molar-refractivity contribution is 0.117. The number of para-hydroxylation sites is 1. The molecule has 1 aliphatic rings. The lowest BCUT2D eigenvalue weighted by Gasteiger charge is -2.23. The van der Waals surface area contributed by atoms with Crippen molar-refractivity contribution in [3.8, 4) is 5.75 Å². The highest BCUT2D eigenvalue weighted by atomic mass is 16.5. The normalized spacial score (nSPS) is 16.8. The molecule has 1 atom stereocenters. The molecular weight excluding hydrogens is 368 g/mol. The van der Waals surface area contributed by atoms with Crippen molar-refractivity contribution in [1.82, 2.24) is 25.0 Å². The molecule has 8 nitrogen and oxygen atoms in total. The van der Waals surface area contributed by atoms with Crippen LogP contribution in [0.5, 0.6) is 5.75 Å². The highest BCUT2D eigenvalue weighted by Crippen LogP contribution is 2.12. The molecule has 0 bridgehead atoms. The van der Waals surface area contributed by atoms with Gasteiger partial charge in [-0.15, -0.1) is 10.2 Å². The molecule has 0 spiro atoms. The summed E-state index contributed by atoms with van der Waals surface area (Å²) in [6.07, 6.45) is 5.08. The van der Waals surface area contributed by atoms with Gasteiger partial charge in [0.1, 0.15) is 24.5 Å². The Bertz CT molecular complexity index is 743. The quantitative estimate of drug-likeness (QED) is 0.485. The summed E-state index contributed by atoms with van der Waals surface area (Å²) in [5.41, 5.74) is 0. The van der Waals surface area contributed by atoms with Gasteiger partial charge in [0.05, 0.1) is 19.2 Å². The Hall–Kier alpha value is -2.61. The molecule has 3 rings (SSSR count). The van der Waals surface area contributed by atoms with Crippen LogP contribution in [0.1, 0.15) is 25.6 Å². The van der Waals surface area contributed by atoms with E-state index < -0.39 is 0 Å². The van der Waals surface area contributed by atoms with Gasteiger partial charge in [-0.25, -0.2) is 0 Å². The zero-order chi connectivity index (χ0) is 20.3. The number of aromatic nitrogens is 3. The zero-order valence-corrected chi connectivity index (χ0v) is 17.5. The van der Waals surface area contributed by atoms with Crippen molar-refractivity contribution in [2.24, 2.45) is 4.99 Å². The van der Waals surface area contributed by atoms with Crippen LogP contribution in [0.15, 0.2) is 41.7 Å². The van der Waals surface area contributed by atoms with Crippen LogP contribution in [-0.2, 0) is 17.7 Å². The van der Waals surface area contributed by atoms with E-state index in [9.17, 15) is 0 Å². The van der Waals surface area contributed by atoms with Gasteiger partial charge in [-0.2, -0.15) is 0 Å². The Labute approximate surface area is 172 Å². The van der Waals surface area contributed by atoms with Crippen LogP contribution in [0.3, 0.4) is 0 Å². The molecule has 1 unspecified atom stereocenters. The molecule has 1 aliphatic heterocycles. The number of likely N-dealkylation sites (N-methyl/N-ethyl adjacent to an activating group) is 1. The molecule has 1 aromatic heterocycles. The fourth-order valence-corrected chi connectivity index (χ4v) is 3.24. The number of nitrogens with zero attached hydrogens (tertiary/aromatic N) is 5. The molecule has 1 aromatic carbocycles. The maximum Gasteiger partial charge on any atom is 0.193 e. The standard InChI is InChI=1S/C21H32N6O2/c1-3-20-25-24-17-27(20)12-11-22-21(23-16-19-10-7-14-28-19)26(2)13-15-29-18-8-5-4-6-9-18/h4-6,8-9,17,19H,3,7,10-16H2,1-2H3,(H,22,23). The summed E-state index contributed by atoms with van der Waals surface area (Å²) in [5, 5.41) is 11.6. The Morgan fingerprint density at radius 3 is 3.00 bits per heavy atom. The summed E-state index contributed by atoms with van der Waals surface area (Å²) in [7, 11) is 2.03. The van der Waals surface area contributed by atoms with Crippen molar-refractivity contribution >= 4 is 5.96 Å². The summed E-state index contributed by atoms with van der Waals surface area (Å²) >= 11 is 0. The van der Waals surface area contributed by atoms with Gasteiger partial charge in [0, 0.05) is 33.2 Å². The molecular formula is C21H32N6O2. The van der Waals surface area contributed by atoms with Gasteiger partial charge in [-0.05, 0) is 25.0 Å². The maximum absolute atomic E-state index is 5.83. The number of guanidine groups is 1. The van der Waals surface area contributed by atoms with Crippen LogP contribution in [0, 0.1) is 0 Å². The second kappa shape index (κ2) is 11.4. The van der Waals surface area contributed by atoms with Gasteiger partial charge in [-0.3, -0.25) is 4.99 Å². The zero-order valence-electron chi connectivity index (χ0n) is 17.5. The average Bonchev–Trinajstić information content (AvgIpc) is 3.43. The first-order valence-corrected chi connectivity index (χ1v) is 10.4. The Kier molecular flexibility index (Phi) is 8.30. The molecule has 0 aliphatic carbocycles. The summed E-state index contributed by atoms with van der Waals surface area (Å²) < 4.78 is 13.6. The smallest absolute Gasteiger partial charge is 0.193 e. The van der Waals surface area contributed by atoms with Gasteiger partial charge in [-0.1, -0.05) is 25.1 Å². The summed E-state index contributed by atoms with van der Waals surface area (Å²) in [4.78, 5) is 6.91. The molecule has 0 radical (unpaired) electrons. The number of hydrogen-bond donors (Lipinski definition) is 1. The fourth-order valence-electron chi connectivity index (χ4n) is 3.24. The van der Waals surface area contributed by atoms with Crippen LogP contribution in [0.25, 0.3) is 0 Å². The monoisotopic (exact) mass is 400 g/mol. The first-order chi connectivity index (χ1) is 14.3. The minimum Gasteiger partial charge on any atom is -0.492 e. The average molecular weight is 401 g/mol. The number of benzene rings is 1. The molecule has 8 heteroatoms. The molecule has 0 saturated carbocycles. The SMILES string of the molecule is CCc1nncn1CCNC(=NCC1CCCO1)N(C)CCOc1ccccc1. The lowest BCUT2D eigenvalue weighted by atomic mass is 10.2. The topological polar surface area (TPSA) is 76.8 Å². The summed E-state index contributed by atoms with van der Waals surface area (Å²) in [5.74, 6) is 2.74. The predicted octanol–water partition coefficient (Wildman–Crippen LogP) is 1.98. The number of hydrogen-bond acceptors (Lipinski definition) is 5. The van der Waals surface area contributed by atoms with Crippen LogP contribution >= 0.6 is 0 Å². The fraction of sp³-hybridized carbons (Fsp3) is 0.571. The van der Waals surface area contributed by atoms with Crippen LogP contribution in [0.4, 0.5) is 0 Å². The third-order valence-corrected chi connectivity index (χ3v) is 4.92. The van der Waals surface area contributed by atoms with Gasteiger partial charge in [0.25, 0.3) is 0 Å². The number of aliphatic imine (C=N–C) groups is 1. The Morgan fingerprint density at radius 2 is 2.24 bits per heavy atom. The third-order valence-electron chi connectivity index (χ3n) is 4.92. The van der Waals surface area contributed by atoms with Crippen molar-refractivity contribution in [2.75, 3.05) is 39.9 Å². The Morgan fingerprint density at radius 1 is 1.38 bits per heavy atom. The second-order valence-electron chi connectivity index (χ2n) is 7.10. The van der Waals surface area contributed by atoms with Gasteiger partial charge < -0.3 is 24.3 Å². The number of nitrogens with one attached hydrogen (secondary N) is 1. The van der Waals surface area contributed by atoms with Gasteiger partial charge in [0.15, 0.2) is 5.96 Å². The lowest BCUT2D eigenvalue weighted by Crippen LogP contribution is -2.42. The molecule has 158 valence electrons. The molecule has 1 saturated heterocycles. The van der Waals surface area contributed by atoms with E-state index >= 15 is 0 Å². The van der Waals surface area contributed by atoms with Crippen molar-refractivity contribution in [1.29, 1.82) is 0 Å². The number of rotatable bonds is 10. The summed E-state index contributed by atoms with van der Waals surface area (Å²) in [6, 6.07) is 9.87. The first kappa shape index (κ1) is 21.1. The number of aryl methyl sites for hydroxylation is 1. The predicted molar refractivity (Wildman–Crippen MR) is 113 cm³/mol. The maximum atomic E-state index is 5.83. The van der Waals surface area contributed by atoms with E-state index in [-0.39, 0.29) is 6.10 Å². The van der Waals surface area contributed by atoms with E-state index in [1.807, 2.05) is 37.4 Å². The van der Waals surface area contributed by atoms with Gasteiger partial charge >= 0.3 is 0 Å². The van der Waals surface area contributed by atoms with Crippen LogP contribution in [-0.4, -0.2) is 71.6 Å². The number of ether oxygens (including phenoxy) is 2. The largest absolute Gasteiger partial charge is 0.492 e. The highest BCUT2D eigenvalue weighted by Gasteiger charge is 2.16. The molecule has 0 amide bonds. The van der Waals surface area contributed by atoms with E-state index in [1.165, 1.54) is 0 Å². The third kappa shape index (κ3) is 6.74. The van der Waals surface area contributed by atoms with Crippen LogP contribution in [0.2, 0.25) is 0 Å². The van der Waals surface area contributed by atoms with Gasteiger partial charge in [0.2, 0.25) is 0 Å². The summed E-state index contributed by atoms with van der Waals surface area (Å²) in [6.45, 7) is 6.48. The first-order valence-electron chi connectivity index (χ1n) is 10.4. The van der Waals surface area contributed by atoms with E-state index in [4.69, 9.17) is 14.5 Å². The molecule has 29 heavy (non-hydrogen) atoms. The van der Waals surface area contributed by atoms with E-state index in [1.54, 1.807) is 6.33 Å². The van der Waals surface area contributed by atoms with Crippen molar-refractivity contribution in [3.63, 3.8) is 0 Å². The second-order valence-corrected chi connectivity index (χ2v) is 7.10. The van der Waals surface area contributed by atoms with Crippen LogP contribution < -0.4 is 10.1 Å². The molecule has 2 heterocycles. The van der Waals surface area contributed by atoms with E-state index in [0.717, 1.165) is 63.0 Å². The van der Waals surface area contributed by atoms with E-state index in [0.29, 0.717) is 13.2 Å². The van der Waals surface area contributed by atoms with Crippen molar-refractivity contribution in [2.45, 2.75) is 38.8 Å². The minimum atomic E-state index is 0.227. The molecule has 1 N–H and O–H groups in total. The highest BCUT2D eigenvalue weighted by molar-refractivity contribution is 5.79.